The smallest absolute Gasteiger partial charge is 0.304 e. The van der Waals surface area contributed by atoms with Crippen LogP contribution in [0.5, 0.6) is 0 Å². The number of rotatable bonds is 5. The highest BCUT2D eigenvalue weighted by Gasteiger charge is 2.35. The van der Waals surface area contributed by atoms with Crippen LogP contribution in [0.15, 0.2) is 0 Å². The van der Waals surface area contributed by atoms with Gasteiger partial charge in [0, 0.05) is 12.6 Å². The van der Waals surface area contributed by atoms with Gasteiger partial charge in [-0.15, -0.1) is 0 Å². The Labute approximate surface area is 96.5 Å². The van der Waals surface area contributed by atoms with Gasteiger partial charge in [0.15, 0.2) is 0 Å². The molecule has 1 rings (SSSR count). The summed E-state index contributed by atoms with van der Waals surface area (Å²) >= 11 is 0. The first kappa shape index (κ1) is 13.4. The summed E-state index contributed by atoms with van der Waals surface area (Å²) in [5, 5.41) is 8.51. The fourth-order valence-electron chi connectivity index (χ4n) is 2.11. The Morgan fingerprint density at radius 2 is 2.12 bits per heavy atom. The first-order chi connectivity index (χ1) is 7.34. The van der Waals surface area contributed by atoms with Gasteiger partial charge in [-0.3, -0.25) is 4.79 Å². The quantitative estimate of drug-likeness (QED) is 0.786. The number of nitrogens with zero attached hydrogens (tertiary/aromatic N) is 1. The van der Waals surface area contributed by atoms with Gasteiger partial charge in [0.05, 0.1) is 12.2 Å². The van der Waals surface area contributed by atoms with Crippen molar-refractivity contribution in [3.05, 3.63) is 0 Å². The van der Waals surface area contributed by atoms with Crippen LogP contribution in [0.4, 0.5) is 0 Å². The van der Waals surface area contributed by atoms with Gasteiger partial charge in [0.1, 0.15) is 0 Å². The molecule has 6 heteroatoms. The average Bonchev–Trinajstić information content (AvgIpc) is 2.63. The van der Waals surface area contributed by atoms with Crippen LogP contribution in [0.1, 0.15) is 33.1 Å². The largest absolute Gasteiger partial charge is 0.481 e. The maximum Gasteiger partial charge on any atom is 0.304 e. The summed E-state index contributed by atoms with van der Waals surface area (Å²) in [6, 6.07) is 0.0406. The summed E-state index contributed by atoms with van der Waals surface area (Å²) in [5.74, 6) is -1.07. The van der Waals surface area contributed by atoms with E-state index in [1.54, 1.807) is 0 Å². The second kappa shape index (κ2) is 5.14. The zero-order chi connectivity index (χ0) is 12.3. The number of hydrogen-bond donors (Lipinski definition) is 1. The molecular formula is C10H19NO4S. The lowest BCUT2D eigenvalue weighted by Gasteiger charge is -2.26. The highest BCUT2D eigenvalue weighted by atomic mass is 32.2. The van der Waals surface area contributed by atoms with E-state index in [2.05, 4.69) is 0 Å². The third-order valence-corrected chi connectivity index (χ3v) is 4.84. The summed E-state index contributed by atoms with van der Waals surface area (Å²) in [6.07, 6.45) is 1.43. The second-order valence-electron chi connectivity index (χ2n) is 4.52. The zero-order valence-corrected chi connectivity index (χ0v) is 10.5. The molecule has 0 aliphatic carbocycles. The predicted molar refractivity (Wildman–Crippen MR) is 60.6 cm³/mol. The van der Waals surface area contributed by atoms with Gasteiger partial charge in [-0.25, -0.2) is 8.42 Å². The van der Waals surface area contributed by atoms with E-state index in [1.165, 1.54) is 4.31 Å². The van der Waals surface area contributed by atoms with E-state index in [9.17, 15) is 13.2 Å². The Hall–Kier alpha value is -0.620. The number of hydrogen-bond acceptors (Lipinski definition) is 3. The number of sulfonamides is 1. The fourth-order valence-corrected chi connectivity index (χ4v) is 3.95. The lowest BCUT2D eigenvalue weighted by molar-refractivity contribution is -0.136. The molecule has 1 atom stereocenters. The molecule has 94 valence electrons. The van der Waals surface area contributed by atoms with Crippen molar-refractivity contribution in [3.8, 4) is 0 Å². The first-order valence-corrected chi connectivity index (χ1v) is 7.17. The van der Waals surface area contributed by atoms with Crippen LogP contribution < -0.4 is 0 Å². The first-order valence-electron chi connectivity index (χ1n) is 5.56. The summed E-state index contributed by atoms with van der Waals surface area (Å²) in [5.41, 5.74) is 0. The Balaban J connectivity index is 2.71. The average molecular weight is 249 g/mol. The van der Waals surface area contributed by atoms with Crippen molar-refractivity contribution in [1.82, 2.24) is 4.31 Å². The van der Waals surface area contributed by atoms with Crippen LogP contribution in [0, 0.1) is 5.92 Å². The van der Waals surface area contributed by atoms with Crippen molar-refractivity contribution in [2.45, 2.75) is 39.2 Å². The minimum Gasteiger partial charge on any atom is -0.481 e. The Bertz CT molecular complexity index is 350. The molecule has 0 spiro atoms. The highest BCUT2D eigenvalue weighted by Crippen LogP contribution is 2.26. The van der Waals surface area contributed by atoms with E-state index >= 15 is 0 Å². The third kappa shape index (κ3) is 3.18. The van der Waals surface area contributed by atoms with E-state index in [-0.39, 0.29) is 24.1 Å². The van der Waals surface area contributed by atoms with Crippen molar-refractivity contribution in [1.29, 1.82) is 0 Å². The number of carboxylic acid groups (broad SMARTS) is 1. The molecule has 1 unspecified atom stereocenters. The maximum atomic E-state index is 11.9. The molecule has 0 aromatic rings. The lowest BCUT2D eigenvalue weighted by Crippen LogP contribution is -2.40. The topological polar surface area (TPSA) is 74.7 Å². The molecule has 1 heterocycles. The molecule has 1 aliphatic heterocycles. The Morgan fingerprint density at radius 1 is 1.50 bits per heavy atom. The zero-order valence-electron chi connectivity index (χ0n) is 9.72. The third-order valence-electron chi connectivity index (χ3n) is 2.95. The summed E-state index contributed by atoms with van der Waals surface area (Å²) in [6.45, 7) is 4.52. The molecule has 5 nitrogen and oxygen atoms in total. The van der Waals surface area contributed by atoms with Crippen LogP contribution in [0.25, 0.3) is 0 Å². The normalized spacial score (nSPS) is 22.8. The molecule has 0 aromatic carbocycles. The SMILES string of the molecule is CC(C)C1CCCN1S(=O)(=O)CCC(=O)O. The van der Waals surface area contributed by atoms with Crippen molar-refractivity contribution < 1.29 is 18.3 Å². The molecule has 1 fully saturated rings. The molecule has 0 radical (unpaired) electrons. The highest BCUT2D eigenvalue weighted by molar-refractivity contribution is 7.89. The standard InChI is InChI=1S/C10H19NO4S/c1-8(2)9-4-3-6-11(9)16(14,15)7-5-10(12)13/h8-9H,3-7H2,1-2H3,(H,12,13). The van der Waals surface area contributed by atoms with E-state index in [4.69, 9.17) is 5.11 Å². The Kier molecular flexibility index (Phi) is 4.32. The lowest BCUT2D eigenvalue weighted by atomic mass is 10.0. The summed E-state index contributed by atoms with van der Waals surface area (Å²) in [7, 11) is -3.40. The monoisotopic (exact) mass is 249 g/mol. The van der Waals surface area contributed by atoms with Crippen molar-refractivity contribution in [2.24, 2.45) is 5.92 Å². The molecule has 16 heavy (non-hydrogen) atoms. The minimum absolute atomic E-state index is 0.0406. The molecule has 0 aromatic heterocycles. The second-order valence-corrected chi connectivity index (χ2v) is 6.57. The van der Waals surface area contributed by atoms with E-state index in [0.717, 1.165) is 12.8 Å². The summed E-state index contributed by atoms with van der Waals surface area (Å²) < 4.78 is 25.3. The molecule has 1 saturated heterocycles. The van der Waals surface area contributed by atoms with E-state index in [1.807, 2.05) is 13.8 Å². The predicted octanol–water partition coefficient (Wildman–Crippen LogP) is 0.911. The van der Waals surface area contributed by atoms with E-state index < -0.39 is 16.0 Å². The van der Waals surface area contributed by atoms with Gasteiger partial charge in [0.2, 0.25) is 10.0 Å². The van der Waals surface area contributed by atoms with Crippen LogP contribution in [-0.2, 0) is 14.8 Å². The number of aliphatic carboxylic acids is 1. The van der Waals surface area contributed by atoms with Crippen LogP contribution >= 0.6 is 0 Å². The van der Waals surface area contributed by atoms with Gasteiger partial charge < -0.3 is 5.11 Å². The minimum atomic E-state index is -3.40. The van der Waals surface area contributed by atoms with Crippen LogP contribution in [0.2, 0.25) is 0 Å². The number of carbonyl (C=O) groups is 1. The molecule has 0 amide bonds. The van der Waals surface area contributed by atoms with Crippen molar-refractivity contribution >= 4 is 16.0 Å². The number of carboxylic acids is 1. The van der Waals surface area contributed by atoms with Gasteiger partial charge in [-0.05, 0) is 18.8 Å². The van der Waals surface area contributed by atoms with Crippen LogP contribution in [-0.4, -0.2) is 42.1 Å². The van der Waals surface area contributed by atoms with E-state index in [0.29, 0.717) is 6.54 Å². The van der Waals surface area contributed by atoms with Gasteiger partial charge in [-0.1, -0.05) is 13.8 Å². The Morgan fingerprint density at radius 3 is 2.62 bits per heavy atom. The molecule has 1 N–H and O–H groups in total. The maximum absolute atomic E-state index is 11.9. The molecule has 0 bridgehead atoms. The molecular weight excluding hydrogens is 230 g/mol. The molecule has 1 aliphatic rings. The molecule has 0 saturated carbocycles. The van der Waals surface area contributed by atoms with Gasteiger partial charge in [0.25, 0.3) is 0 Å². The fraction of sp³-hybridized carbons (Fsp3) is 0.900. The van der Waals surface area contributed by atoms with Crippen LogP contribution in [0.3, 0.4) is 0 Å². The summed E-state index contributed by atoms with van der Waals surface area (Å²) in [4.78, 5) is 10.4. The van der Waals surface area contributed by atoms with Crippen molar-refractivity contribution in [3.63, 3.8) is 0 Å². The van der Waals surface area contributed by atoms with Crippen molar-refractivity contribution in [2.75, 3.05) is 12.3 Å². The van der Waals surface area contributed by atoms with Gasteiger partial charge >= 0.3 is 5.97 Å². The van der Waals surface area contributed by atoms with Gasteiger partial charge in [-0.2, -0.15) is 4.31 Å².